The molecule has 0 unspecified atom stereocenters. The normalized spacial score (nSPS) is 16.6. The predicted octanol–water partition coefficient (Wildman–Crippen LogP) is 4.59. The van der Waals surface area contributed by atoms with Gasteiger partial charge in [-0.2, -0.15) is 0 Å². The number of piperazine rings is 1. The molecule has 0 atom stereocenters. The average molecular weight is 283 g/mol. The van der Waals surface area contributed by atoms with E-state index in [4.69, 9.17) is 0 Å². The van der Waals surface area contributed by atoms with Crippen LogP contribution in [-0.4, -0.2) is 37.6 Å². The van der Waals surface area contributed by atoms with Crippen molar-refractivity contribution in [1.82, 2.24) is 10.2 Å². The lowest BCUT2D eigenvalue weighted by Gasteiger charge is -2.27. The molecule has 2 heteroatoms. The number of hydrogen-bond acceptors (Lipinski definition) is 2. The van der Waals surface area contributed by atoms with Gasteiger partial charge in [0.2, 0.25) is 0 Å². The van der Waals surface area contributed by atoms with Crippen LogP contribution in [0.25, 0.3) is 0 Å². The van der Waals surface area contributed by atoms with Gasteiger partial charge in [0.05, 0.1) is 0 Å². The van der Waals surface area contributed by atoms with E-state index in [9.17, 15) is 0 Å². The highest BCUT2D eigenvalue weighted by Crippen LogP contribution is 2.12. The minimum Gasteiger partial charge on any atom is -0.314 e. The molecular formula is C18H38N2. The maximum atomic E-state index is 3.42. The Hall–Kier alpha value is -0.0800. The highest BCUT2D eigenvalue weighted by atomic mass is 15.2. The van der Waals surface area contributed by atoms with Crippen molar-refractivity contribution in [3.8, 4) is 0 Å². The maximum Gasteiger partial charge on any atom is 0.0107 e. The van der Waals surface area contributed by atoms with E-state index in [2.05, 4.69) is 17.1 Å². The van der Waals surface area contributed by atoms with Gasteiger partial charge in [0.1, 0.15) is 0 Å². The van der Waals surface area contributed by atoms with E-state index in [1.54, 1.807) is 0 Å². The van der Waals surface area contributed by atoms with Crippen molar-refractivity contribution in [2.75, 3.05) is 32.7 Å². The summed E-state index contributed by atoms with van der Waals surface area (Å²) in [5, 5.41) is 3.42. The monoisotopic (exact) mass is 282 g/mol. The Balaban J connectivity index is 1.70. The maximum absolute atomic E-state index is 3.42. The molecule has 1 rings (SSSR count). The van der Waals surface area contributed by atoms with Gasteiger partial charge < -0.3 is 10.2 Å². The standard InChI is InChI=1S/C18H38N2/c1-2-3-4-5-6-7-8-9-10-11-12-13-16-20-17-14-19-15-18-20/h19H,2-18H2,1H3. The third-order valence-electron chi connectivity index (χ3n) is 4.54. The second kappa shape index (κ2) is 13.9. The highest BCUT2D eigenvalue weighted by Gasteiger charge is 2.07. The van der Waals surface area contributed by atoms with Crippen LogP contribution in [0.15, 0.2) is 0 Å². The molecule has 0 aromatic carbocycles. The van der Waals surface area contributed by atoms with Crippen LogP contribution < -0.4 is 5.32 Å². The third-order valence-corrected chi connectivity index (χ3v) is 4.54. The predicted molar refractivity (Wildman–Crippen MR) is 90.4 cm³/mol. The summed E-state index contributed by atoms with van der Waals surface area (Å²) in [5.41, 5.74) is 0. The zero-order valence-corrected chi connectivity index (χ0v) is 14.0. The van der Waals surface area contributed by atoms with Crippen molar-refractivity contribution in [2.45, 2.75) is 84.0 Å². The van der Waals surface area contributed by atoms with Crippen molar-refractivity contribution < 1.29 is 0 Å². The topological polar surface area (TPSA) is 15.3 Å². The van der Waals surface area contributed by atoms with Crippen LogP contribution in [0.3, 0.4) is 0 Å². The lowest BCUT2D eigenvalue weighted by Crippen LogP contribution is -2.43. The van der Waals surface area contributed by atoms with Crippen molar-refractivity contribution in [3.05, 3.63) is 0 Å². The van der Waals surface area contributed by atoms with Crippen LogP contribution in [-0.2, 0) is 0 Å². The molecule has 0 aliphatic carbocycles. The molecule has 1 saturated heterocycles. The average Bonchev–Trinajstić information content (AvgIpc) is 2.49. The van der Waals surface area contributed by atoms with Crippen molar-refractivity contribution in [2.24, 2.45) is 0 Å². The summed E-state index contributed by atoms with van der Waals surface area (Å²) in [6.07, 6.45) is 17.4. The Morgan fingerprint density at radius 2 is 1.10 bits per heavy atom. The molecule has 0 saturated carbocycles. The molecule has 1 N–H and O–H groups in total. The second-order valence-corrected chi connectivity index (χ2v) is 6.48. The summed E-state index contributed by atoms with van der Waals surface area (Å²) < 4.78 is 0. The van der Waals surface area contributed by atoms with Crippen LogP contribution in [0, 0.1) is 0 Å². The molecule has 0 aromatic rings. The summed E-state index contributed by atoms with van der Waals surface area (Å²) in [7, 11) is 0. The molecule has 120 valence electrons. The molecule has 20 heavy (non-hydrogen) atoms. The molecule has 0 spiro atoms. The first kappa shape index (κ1) is 18.0. The molecule has 1 fully saturated rings. The minimum atomic E-state index is 1.19. The first-order chi connectivity index (χ1) is 9.93. The molecule has 1 heterocycles. The van der Waals surface area contributed by atoms with Crippen LogP contribution in [0.2, 0.25) is 0 Å². The first-order valence-corrected chi connectivity index (χ1v) is 9.36. The van der Waals surface area contributed by atoms with Gasteiger partial charge in [0, 0.05) is 26.2 Å². The molecule has 0 bridgehead atoms. The van der Waals surface area contributed by atoms with Crippen LogP contribution >= 0.6 is 0 Å². The lowest BCUT2D eigenvalue weighted by atomic mass is 10.1. The molecule has 0 amide bonds. The Morgan fingerprint density at radius 3 is 1.60 bits per heavy atom. The molecular weight excluding hydrogens is 244 g/mol. The van der Waals surface area contributed by atoms with Crippen molar-refractivity contribution >= 4 is 0 Å². The third kappa shape index (κ3) is 10.7. The minimum absolute atomic E-state index is 1.19. The zero-order chi connectivity index (χ0) is 14.3. The summed E-state index contributed by atoms with van der Waals surface area (Å²) in [4.78, 5) is 2.62. The Labute approximate surface area is 127 Å². The van der Waals surface area contributed by atoms with Gasteiger partial charge in [0.15, 0.2) is 0 Å². The number of nitrogens with zero attached hydrogens (tertiary/aromatic N) is 1. The van der Waals surface area contributed by atoms with Gasteiger partial charge in [0.25, 0.3) is 0 Å². The van der Waals surface area contributed by atoms with Crippen LogP contribution in [0.1, 0.15) is 84.0 Å². The number of nitrogens with one attached hydrogen (secondary N) is 1. The molecule has 0 aromatic heterocycles. The van der Waals surface area contributed by atoms with Gasteiger partial charge >= 0.3 is 0 Å². The first-order valence-electron chi connectivity index (χ1n) is 9.36. The van der Waals surface area contributed by atoms with E-state index in [1.165, 1.54) is 110 Å². The van der Waals surface area contributed by atoms with E-state index >= 15 is 0 Å². The Kier molecular flexibility index (Phi) is 12.5. The molecule has 1 aliphatic heterocycles. The summed E-state index contributed by atoms with van der Waals surface area (Å²) in [5.74, 6) is 0. The second-order valence-electron chi connectivity index (χ2n) is 6.48. The van der Waals surface area contributed by atoms with E-state index in [-0.39, 0.29) is 0 Å². The van der Waals surface area contributed by atoms with Gasteiger partial charge in [-0.1, -0.05) is 77.6 Å². The van der Waals surface area contributed by atoms with Crippen molar-refractivity contribution in [1.29, 1.82) is 0 Å². The molecule has 1 aliphatic rings. The fourth-order valence-electron chi connectivity index (χ4n) is 3.11. The van der Waals surface area contributed by atoms with Gasteiger partial charge in [-0.15, -0.1) is 0 Å². The largest absolute Gasteiger partial charge is 0.314 e. The zero-order valence-electron chi connectivity index (χ0n) is 14.0. The van der Waals surface area contributed by atoms with Gasteiger partial charge in [-0.05, 0) is 13.0 Å². The van der Waals surface area contributed by atoms with E-state index in [0.29, 0.717) is 0 Å². The van der Waals surface area contributed by atoms with Crippen molar-refractivity contribution in [3.63, 3.8) is 0 Å². The summed E-state index contributed by atoms with van der Waals surface area (Å²) >= 11 is 0. The lowest BCUT2D eigenvalue weighted by molar-refractivity contribution is 0.236. The smallest absolute Gasteiger partial charge is 0.0107 e. The molecule has 2 nitrogen and oxygen atoms in total. The fourth-order valence-corrected chi connectivity index (χ4v) is 3.11. The van der Waals surface area contributed by atoms with E-state index < -0.39 is 0 Å². The fraction of sp³-hybridized carbons (Fsp3) is 1.00. The van der Waals surface area contributed by atoms with Crippen LogP contribution in [0.4, 0.5) is 0 Å². The number of rotatable bonds is 13. The summed E-state index contributed by atoms with van der Waals surface area (Å²) in [6.45, 7) is 8.54. The number of unbranched alkanes of at least 4 members (excludes halogenated alkanes) is 11. The Morgan fingerprint density at radius 1 is 0.650 bits per heavy atom. The van der Waals surface area contributed by atoms with Gasteiger partial charge in [-0.25, -0.2) is 0 Å². The highest BCUT2D eigenvalue weighted by molar-refractivity contribution is 4.67. The summed E-state index contributed by atoms with van der Waals surface area (Å²) in [6, 6.07) is 0. The quantitative estimate of drug-likeness (QED) is 0.497. The van der Waals surface area contributed by atoms with E-state index in [0.717, 1.165) is 0 Å². The van der Waals surface area contributed by atoms with Gasteiger partial charge in [-0.3, -0.25) is 0 Å². The van der Waals surface area contributed by atoms with Crippen LogP contribution in [0.5, 0.6) is 0 Å². The molecule has 0 radical (unpaired) electrons. The number of hydrogen-bond donors (Lipinski definition) is 1. The Bertz CT molecular complexity index is 188. The SMILES string of the molecule is CCCCCCCCCCCCCCN1CCNCC1. The van der Waals surface area contributed by atoms with E-state index in [1.807, 2.05) is 0 Å².